The number of hydrogen-bond donors (Lipinski definition) is 0. The van der Waals surface area contributed by atoms with Crippen LogP contribution in [0.2, 0.25) is 0 Å². The molecule has 8 nitrogen and oxygen atoms in total. The van der Waals surface area contributed by atoms with Gasteiger partial charge in [0.1, 0.15) is 11.8 Å². The number of hydrogen-bond acceptors (Lipinski definition) is 7. The van der Waals surface area contributed by atoms with Gasteiger partial charge in [-0.2, -0.15) is 4.31 Å². The number of ether oxygens (including phenoxy) is 2. The van der Waals surface area contributed by atoms with E-state index in [9.17, 15) is 18.0 Å². The molecule has 1 fully saturated rings. The Kier molecular flexibility index (Phi) is 6.01. The van der Waals surface area contributed by atoms with E-state index in [0.29, 0.717) is 10.6 Å². The van der Waals surface area contributed by atoms with Crippen LogP contribution in [0.5, 0.6) is 5.75 Å². The number of methoxy groups -OCH3 is 2. The van der Waals surface area contributed by atoms with Gasteiger partial charge in [-0.1, -0.05) is 6.07 Å². The first kappa shape index (κ1) is 20.3. The van der Waals surface area contributed by atoms with Crippen molar-refractivity contribution in [1.82, 2.24) is 9.21 Å². The monoisotopic (exact) mass is 424 g/mol. The molecule has 28 heavy (non-hydrogen) atoms. The van der Waals surface area contributed by atoms with Crippen molar-refractivity contribution in [3.8, 4) is 5.75 Å². The largest absolute Gasteiger partial charge is 0.497 e. The average Bonchev–Trinajstić information content (AvgIpc) is 3.27. The van der Waals surface area contributed by atoms with E-state index >= 15 is 0 Å². The molecule has 1 aliphatic heterocycles. The number of carbonyl (C=O) groups excluding carboxylic acids is 2. The van der Waals surface area contributed by atoms with E-state index in [-0.39, 0.29) is 30.4 Å². The molecule has 1 aromatic heterocycles. The van der Waals surface area contributed by atoms with Gasteiger partial charge in [0.2, 0.25) is 10.0 Å². The Morgan fingerprint density at radius 1 is 1.11 bits per heavy atom. The van der Waals surface area contributed by atoms with Crippen LogP contribution >= 0.6 is 11.3 Å². The van der Waals surface area contributed by atoms with Gasteiger partial charge in [-0.15, -0.1) is 11.3 Å². The van der Waals surface area contributed by atoms with Crippen LogP contribution in [-0.2, 0) is 19.6 Å². The van der Waals surface area contributed by atoms with Crippen LogP contribution in [0.25, 0.3) is 0 Å². The second kappa shape index (κ2) is 8.29. The lowest BCUT2D eigenvalue weighted by Crippen LogP contribution is -2.59. The van der Waals surface area contributed by atoms with Crippen molar-refractivity contribution in [1.29, 1.82) is 0 Å². The van der Waals surface area contributed by atoms with Crippen molar-refractivity contribution in [2.75, 3.05) is 33.9 Å². The third kappa shape index (κ3) is 3.89. The van der Waals surface area contributed by atoms with Gasteiger partial charge >= 0.3 is 5.97 Å². The molecule has 2 heterocycles. The zero-order valence-electron chi connectivity index (χ0n) is 15.4. The second-order valence-electron chi connectivity index (χ2n) is 6.06. The molecule has 1 atom stereocenters. The van der Waals surface area contributed by atoms with Crippen LogP contribution < -0.4 is 4.74 Å². The van der Waals surface area contributed by atoms with E-state index in [1.165, 1.54) is 54.7 Å². The van der Waals surface area contributed by atoms with Gasteiger partial charge < -0.3 is 14.4 Å². The Hall–Kier alpha value is -2.43. The van der Waals surface area contributed by atoms with Gasteiger partial charge in [-0.25, -0.2) is 8.42 Å². The van der Waals surface area contributed by atoms with Crippen LogP contribution in [0.3, 0.4) is 0 Å². The Bertz CT molecular complexity index is 941. The van der Waals surface area contributed by atoms with Crippen LogP contribution in [0, 0.1) is 0 Å². The molecular weight excluding hydrogens is 404 g/mol. The highest BCUT2D eigenvalue weighted by Gasteiger charge is 2.42. The molecule has 0 spiro atoms. The summed E-state index contributed by atoms with van der Waals surface area (Å²) >= 11 is 1.30. The van der Waals surface area contributed by atoms with E-state index in [0.717, 1.165) is 4.31 Å². The summed E-state index contributed by atoms with van der Waals surface area (Å²) in [6.07, 6.45) is 0. The Morgan fingerprint density at radius 2 is 1.82 bits per heavy atom. The average molecular weight is 425 g/mol. The Balaban J connectivity index is 1.87. The zero-order chi connectivity index (χ0) is 20.3. The molecule has 1 unspecified atom stereocenters. The lowest BCUT2D eigenvalue weighted by atomic mass is 10.2. The van der Waals surface area contributed by atoms with Crippen molar-refractivity contribution in [3.05, 3.63) is 46.7 Å². The van der Waals surface area contributed by atoms with Crippen LogP contribution in [0.4, 0.5) is 0 Å². The van der Waals surface area contributed by atoms with Gasteiger partial charge in [-0.3, -0.25) is 9.59 Å². The second-order valence-corrected chi connectivity index (χ2v) is 8.90. The molecule has 0 bridgehead atoms. The van der Waals surface area contributed by atoms with E-state index in [2.05, 4.69) is 0 Å². The maximum Gasteiger partial charge on any atom is 0.326 e. The molecule has 1 aromatic carbocycles. The summed E-state index contributed by atoms with van der Waals surface area (Å²) in [5.74, 6) is -0.416. The maximum absolute atomic E-state index is 13.1. The number of rotatable bonds is 5. The van der Waals surface area contributed by atoms with E-state index in [4.69, 9.17) is 9.47 Å². The van der Waals surface area contributed by atoms with Gasteiger partial charge in [-0.05, 0) is 35.7 Å². The number of piperazine rings is 1. The molecule has 150 valence electrons. The maximum atomic E-state index is 13.1. The van der Waals surface area contributed by atoms with Crippen LogP contribution in [0.1, 0.15) is 9.67 Å². The molecule has 0 radical (unpaired) electrons. The quantitative estimate of drug-likeness (QED) is 0.675. The normalized spacial score (nSPS) is 17.9. The molecule has 1 aliphatic rings. The molecule has 0 aliphatic carbocycles. The number of benzene rings is 1. The first-order valence-electron chi connectivity index (χ1n) is 8.45. The van der Waals surface area contributed by atoms with Gasteiger partial charge in [0.15, 0.2) is 0 Å². The standard InChI is InChI=1S/C18H20N2O6S2/c1-25-13-5-7-14(8-6-13)28(23,24)20-10-9-19(12-15(20)18(22)26-2)17(21)16-4-3-11-27-16/h3-8,11,15H,9-10,12H2,1-2H3. The van der Waals surface area contributed by atoms with Gasteiger partial charge in [0.05, 0.1) is 24.0 Å². The minimum absolute atomic E-state index is 0.00869. The highest BCUT2D eigenvalue weighted by Crippen LogP contribution is 2.25. The predicted molar refractivity (Wildman–Crippen MR) is 103 cm³/mol. The molecule has 0 N–H and O–H groups in total. The fourth-order valence-electron chi connectivity index (χ4n) is 3.01. The third-order valence-corrected chi connectivity index (χ3v) is 7.27. The Labute approximate surface area is 167 Å². The first-order chi connectivity index (χ1) is 13.4. The van der Waals surface area contributed by atoms with E-state index < -0.39 is 22.0 Å². The minimum atomic E-state index is -3.95. The molecule has 2 aromatic rings. The highest BCUT2D eigenvalue weighted by atomic mass is 32.2. The number of esters is 1. The van der Waals surface area contributed by atoms with Crippen LogP contribution in [-0.4, -0.2) is 69.4 Å². The smallest absolute Gasteiger partial charge is 0.326 e. The molecule has 0 saturated carbocycles. The van der Waals surface area contributed by atoms with Crippen molar-refractivity contribution in [2.45, 2.75) is 10.9 Å². The molecule has 1 saturated heterocycles. The summed E-state index contributed by atoms with van der Waals surface area (Å²) in [5, 5.41) is 1.79. The number of thiophene rings is 1. The predicted octanol–water partition coefficient (Wildman–Crippen LogP) is 1.44. The third-order valence-electron chi connectivity index (χ3n) is 4.49. The van der Waals surface area contributed by atoms with Crippen LogP contribution in [0.15, 0.2) is 46.7 Å². The summed E-state index contributed by atoms with van der Waals surface area (Å²) in [4.78, 5) is 27.0. The fraction of sp³-hybridized carbons (Fsp3) is 0.333. The summed E-state index contributed by atoms with van der Waals surface area (Å²) in [7, 11) is -1.27. The summed E-state index contributed by atoms with van der Waals surface area (Å²) < 4.78 is 37.2. The molecule has 3 rings (SSSR count). The number of sulfonamides is 1. The van der Waals surface area contributed by atoms with E-state index in [1.807, 2.05) is 0 Å². The summed E-state index contributed by atoms with van der Waals surface area (Å²) in [6, 6.07) is 8.26. The van der Waals surface area contributed by atoms with Crippen molar-refractivity contribution >= 4 is 33.2 Å². The van der Waals surface area contributed by atoms with Gasteiger partial charge in [0, 0.05) is 19.6 Å². The van der Waals surface area contributed by atoms with Crippen molar-refractivity contribution in [2.24, 2.45) is 0 Å². The van der Waals surface area contributed by atoms with Crippen molar-refractivity contribution < 1.29 is 27.5 Å². The SMILES string of the molecule is COC(=O)C1CN(C(=O)c2cccs2)CCN1S(=O)(=O)c1ccc(OC)cc1. The van der Waals surface area contributed by atoms with E-state index in [1.54, 1.807) is 17.5 Å². The van der Waals surface area contributed by atoms with Crippen molar-refractivity contribution in [3.63, 3.8) is 0 Å². The number of amides is 1. The molecule has 1 amide bonds. The zero-order valence-corrected chi connectivity index (χ0v) is 17.0. The lowest BCUT2D eigenvalue weighted by molar-refractivity contribution is -0.146. The summed E-state index contributed by atoms with van der Waals surface area (Å²) in [5.41, 5.74) is 0. The lowest BCUT2D eigenvalue weighted by Gasteiger charge is -2.38. The molecule has 10 heteroatoms. The van der Waals surface area contributed by atoms with Gasteiger partial charge in [0.25, 0.3) is 5.91 Å². The number of carbonyl (C=O) groups is 2. The fourth-order valence-corrected chi connectivity index (χ4v) is 5.26. The topological polar surface area (TPSA) is 93.2 Å². The number of nitrogens with zero attached hydrogens (tertiary/aromatic N) is 2. The Morgan fingerprint density at radius 3 is 2.39 bits per heavy atom. The molecular formula is C18H20N2O6S2. The minimum Gasteiger partial charge on any atom is -0.497 e. The first-order valence-corrected chi connectivity index (χ1v) is 10.8. The summed E-state index contributed by atoms with van der Waals surface area (Å²) in [6.45, 7) is 0.101. The highest BCUT2D eigenvalue weighted by molar-refractivity contribution is 7.89.